The van der Waals surface area contributed by atoms with E-state index in [1.807, 2.05) is 44.2 Å². The maximum Gasteiger partial charge on any atom is 0.264 e. The van der Waals surface area contributed by atoms with Crippen molar-refractivity contribution in [1.82, 2.24) is 19.9 Å². The van der Waals surface area contributed by atoms with Crippen LogP contribution in [-0.2, 0) is 21.3 Å². The van der Waals surface area contributed by atoms with Crippen LogP contribution in [0, 0.1) is 19.3 Å². The Labute approximate surface area is 282 Å². The number of nitrogens with one attached hydrogen (secondary N) is 1. The third kappa shape index (κ3) is 7.60. The van der Waals surface area contributed by atoms with Gasteiger partial charge in [-0.2, -0.15) is 4.98 Å². The number of nitrogens with zero attached hydrogens (tertiary/aromatic N) is 5. The molecule has 12 heteroatoms. The van der Waals surface area contributed by atoms with Crippen molar-refractivity contribution in [2.75, 3.05) is 42.5 Å². The highest BCUT2D eigenvalue weighted by molar-refractivity contribution is 7.92. The van der Waals surface area contributed by atoms with Gasteiger partial charge in [-0.15, -0.1) is 0 Å². The summed E-state index contributed by atoms with van der Waals surface area (Å²) >= 11 is 0. The Morgan fingerprint density at radius 3 is 2.42 bits per heavy atom. The molecule has 2 aliphatic rings. The molecule has 1 N–H and O–H groups in total. The van der Waals surface area contributed by atoms with Crippen molar-refractivity contribution in [3.8, 4) is 17.1 Å². The fraction of sp³-hybridized carbons (Fsp3) is 0.389. The van der Waals surface area contributed by atoms with Crippen LogP contribution in [0.25, 0.3) is 11.3 Å². The van der Waals surface area contributed by atoms with Crippen LogP contribution >= 0.6 is 0 Å². The Kier molecular flexibility index (Phi) is 9.39. The summed E-state index contributed by atoms with van der Waals surface area (Å²) in [4.78, 5) is 32.1. The largest absolute Gasteiger partial charge is 0.475 e. The fourth-order valence-corrected chi connectivity index (χ4v) is 7.26. The number of sulfonamides is 1. The van der Waals surface area contributed by atoms with Crippen LogP contribution in [-0.4, -0.2) is 73.1 Å². The van der Waals surface area contributed by atoms with Gasteiger partial charge in [0.05, 0.1) is 29.8 Å². The number of benzene rings is 2. The Morgan fingerprint density at radius 2 is 1.69 bits per heavy atom. The lowest BCUT2D eigenvalue weighted by Crippen LogP contribution is -2.45. The zero-order valence-corrected chi connectivity index (χ0v) is 28.9. The standard InChI is InChI=1S/C36H42N6O5S/c1-24-8-6-9-25(2)33(24)30-20-32-39-35(38-30)40-48(44,45)29-11-7-10-27(19-29)34(43)42(28(23-47-32)21-36(3,4)5)22-26-12-13-37-31(18-26)41-14-16-46-17-15-41/h6-13,18-20,28H,14-17,21-23H2,1-5H3,(H,38,39,40)/t28-/m1/s1. The van der Waals surface area contributed by atoms with Crippen LogP contribution in [0.5, 0.6) is 5.88 Å². The molecule has 4 aromatic rings. The number of fused-ring (bicyclic) bond motifs is 4. The number of aryl methyl sites for hydroxylation is 2. The van der Waals surface area contributed by atoms with E-state index < -0.39 is 16.1 Å². The summed E-state index contributed by atoms with van der Waals surface area (Å²) in [6.45, 7) is 13.5. The normalized spacial score (nSPS) is 18.2. The van der Waals surface area contributed by atoms with Gasteiger partial charge in [-0.05, 0) is 72.7 Å². The van der Waals surface area contributed by atoms with Crippen LogP contribution in [0.4, 0.5) is 11.8 Å². The molecule has 4 heterocycles. The molecule has 0 saturated carbocycles. The van der Waals surface area contributed by atoms with Crippen molar-refractivity contribution >= 4 is 27.7 Å². The quantitative estimate of drug-likeness (QED) is 0.287. The van der Waals surface area contributed by atoms with E-state index in [-0.39, 0.29) is 46.8 Å². The summed E-state index contributed by atoms with van der Waals surface area (Å²) in [5.41, 5.74) is 4.34. The van der Waals surface area contributed by atoms with Crippen molar-refractivity contribution in [1.29, 1.82) is 0 Å². The predicted octanol–water partition coefficient (Wildman–Crippen LogP) is 5.63. The maximum absolute atomic E-state index is 14.5. The molecular formula is C36H42N6O5S. The lowest BCUT2D eigenvalue weighted by Gasteiger charge is -2.36. The number of hydrogen-bond donors (Lipinski definition) is 1. The van der Waals surface area contributed by atoms with E-state index >= 15 is 0 Å². The molecule has 1 amide bonds. The van der Waals surface area contributed by atoms with Crippen molar-refractivity contribution in [3.05, 3.63) is 89.1 Å². The van der Waals surface area contributed by atoms with E-state index in [0.29, 0.717) is 25.3 Å². The van der Waals surface area contributed by atoms with Gasteiger partial charge in [0.1, 0.15) is 12.4 Å². The second-order valence-corrected chi connectivity index (χ2v) is 15.3. The van der Waals surface area contributed by atoms with Gasteiger partial charge in [-0.1, -0.05) is 45.0 Å². The van der Waals surface area contributed by atoms with Gasteiger partial charge in [0.15, 0.2) is 0 Å². The highest BCUT2D eigenvalue weighted by atomic mass is 32.2. The van der Waals surface area contributed by atoms with Crippen LogP contribution in [0.3, 0.4) is 0 Å². The molecule has 1 fully saturated rings. The number of anilines is 2. The molecule has 11 nitrogen and oxygen atoms in total. The molecule has 0 unspecified atom stereocenters. The predicted molar refractivity (Wildman–Crippen MR) is 185 cm³/mol. The number of carbonyl (C=O) groups excluding carboxylic acids is 1. The van der Waals surface area contributed by atoms with Crippen molar-refractivity contribution in [3.63, 3.8) is 0 Å². The lowest BCUT2D eigenvalue weighted by molar-refractivity contribution is 0.0513. The molecule has 2 aliphatic heterocycles. The number of ether oxygens (including phenoxy) is 2. The molecule has 2 aromatic heterocycles. The number of pyridine rings is 1. The number of amides is 1. The molecule has 2 aromatic carbocycles. The Bertz CT molecular complexity index is 1900. The Hall–Kier alpha value is -4.55. The first-order chi connectivity index (χ1) is 22.9. The molecule has 1 saturated heterocycles. The zero-order valence-electron chi connectivity index (χ0n) is 28.1. The van der Waals surface area contributed by atoms with Gasteiger partial charge in [0.2, 0.25) is 11.8 Å². The molecule has 6 rings (SSSR count). The second-order valence-electron chi connectivity index (χ2n) is 13.6. The zero-order chi connectivity index (χ0) is 34.1. The first-order valence-corrected chi connectivity index (χ1v) is 17.6. The minimum Gasteiger partial charge on any atom is -0.475 e. The molecule has 48 heavy (non-hydrogen) atoms. The molecule has 1 atom stereocenters. The lowest BCUT2D eigenvalue weighted by atomic mass is 9.87. The third-order valence-electron chi connectivity index (χ3n) is 8.53. The van der Waals surface area contributed by atoms with E-state index in [4.69, 9.17) is 9.47 Å². The van der Waals surface area contributed by atoms with E-state index in [1.54, 1.807) is 29.3 Å². The number of rotatable bonds is 5. The summed E-state index contributed by atoms with van der Waals surface area (Å²) in [6, 6.07) is 17.3. The van der Waals surface area contributed by atoms with Crippen LogP contribution < -0.4 is 14.4 Å². The molecular weight excluding hydrogens is 629 g/mol. The smallest absolute Gasteiger partial charge is 0.264 e. The summed E-state index contributed by atoms with van der Waals surface area (Å²) in [5, 5.41) is 0. The first kappa shape index (κ1) is 33.4. The van der Waals surface area contributed by atoms with Crippen LogP contribution in [0.2, 0.25) is 0 Å². The van der Waals surface area contributed by atoms with E-state index in [2.05, 4.69) is 45.3 Å². The van der Waals surface area contributed by atoms with Gasteiger partial charge >= 0.3 is 0 Å². The molecule has 4 bridgehead atoms. The topological polar surface area (TPSA) is 127 Å². The SMILES string of the molecule is Cc1cccc(C)c1-c1cc2nc(n1)NS(=O)(=O)c1cccc(c1)C(=O)N(Cc1ccnc(N3CCOCC3)c1)[C@H](CC(C)(C)C)CO2. The summed E-state index contributed by atoms with van der Waals surface area (Å²) in [7, 11) is -4.16. The minimum atomic E-state index is -4.16. The Morgan fingerprint density at radius 1 is 0.958 bits per heavy atom. The molecule has 0 radical (unpaired) electrons. The van der Waals surface area contributed by atoms with Crippen molar-refractivity contribution in [2.24, 2.45) is 5.41 Å². The summed E-state index contributed by atoms with van der Waals surface area (Å²) in [6.07, 6.45) is 2.37. The molecule has 252 valence electrons. The Balaban J connectivity index is 1.46. The molecule has 0 aliphatic carbocycles. The second kappa shape index (κ2) is 13.5. The van der Waals surface area contributed by atoms with Gasteiger partial charge in [-0.3, -0.25) is 4.79 Å². The number of aromatic nitrogens is 3. The maximum atomic E-state index is 14.5. The molecule has 0 spiro atoms. The number of hydrogen-bond acceptors (Lipinski definition) is 9. The average molecular weight is 671 g/mol. The van der Waals surface area contributed by atoms with Gasteiger partial charge in [0, 0.05) is 43.0 Å². The third-order valence-corrected chi connectivity index (χ3v) is 9.85. The van der Waals surface area contributed by atoms with Crippen LogP contribution in [0.15, 0.2) is 71.8 Å². The van der Waals surface area contributed by atoms with Gasteiger partial charge in [0.25, 0.3) is 15.9 Å². The fourth-order valence-electron chi connectivity index (χ4n) is 6.27. The summed E-state index contributed by atoms with van der Waals surface area (Å²) < 4.78 is 41.9. The van der Waals surface area contributed by atoms with E-state index in [1.165, 1.54) is 12.1 Å². The number of carbonyl (C=O) groups is 1. The highest BCUT2D eigenvalue weighted by Gasteiger charge is 2.32. The average Bonchev–Trinajstić information content (AvgIpc) is 3.05. The van der Waals surface area contributed by atoms with Gasteiger partial charge in [-0.25, -0.2) is 23.1 Å². The van der Waals surface area contributed by atoms with E-state index in [9.17, 15) is 13.2 Å². The van der Waals surface area contributed by atoms with E-state index in [0.717, 1.165) is 41.2 Å². The minimum absolute atomic E-state index is 0.0676. The number of morpholine rings is 1. The first-order valence-electron chi connectivity index (χ1n) is 16.2. The van der Waals surface area contributed by atoms with Crippen molar-refractivity contribution < 1.29 is 22.7 Å². The van der Waals surface area contributed by atoms with Gasteiger partial charge < -0.3 is 19.3 Å². The summed E-state index contributed by atoms with van der Waals surface area (Å²) in [5.74, 6) is 0.612. The highest BCUT2D eigenvalue weighted by Crippen LogP contribution is 2.32. The van der Waals surface area contributed by atoms with Crippen molar-refractivity contribution in [2.45, 2.75) is 58.5 Å². The van der Waals surface area contributed by atoms with Crippen LogP contribution in [0.1, 0.15) is 54.2 Å². The monoisotopic (exact) mass is 670 g/mol.